The fourth-order valence-corrected chi connectivity index (χ4v) is 2.80. The Labute approximate surface area is 144 Å². The van der Waals surface area contributed by atoms with Crippen LogP contribution in [0.1, 0.15) is 27.8 Å². The molecule has 0 amide bonds. The molecule has 0 saturated heterocycles. The number of ether oxygens (including phenoxy) is 4. The zero-order valence-electron chi connectivity index (χ0n) is 14.8. The molecule has 1 N–H and O–H groups in total. The van der Waals surface area contributed by atoms with Crippen molar-refractivity contribution in [2.75, 3.05) is 28.4 Å². The maximum absolute atomic E-state index is 12.2. The lowest BCUT2D eigenvalue weighted by atomic mass is 10.0. The molecule has 136 valence electrons. The van der Waals surface area contributed by atoms with E-state index in [4.69, 9.17) is 18.9 Å². The summed E-state index contributed by atoms with van der Waals surface area (Å²) in [6.45, 7) is 1.31. The van der Waals surface area contributed by atoms with E-state index in [0.717, 1.165) is 4.57 Å². The first-order valence-corrected chi connectivity index (χ1v) is 7.48. The number of rotatable bonds is 6. The number of aromatic nitrogens is 1. The van der Waals surface area contributed by atoms with Gasteiger partial charge in [0.15, 0.2) is 17.8 Å². The lowest BCUT2D eigenvalue weighted by Crippen LogP contribution is -2.16. The maximum atomic E-state index is 12.2. The van der Waals surface area contributed by atoms with Crippen LogP contribution in [0.4, 0.5) is 0 Å². The smallest absolute Gasteiger partial charge is 0.355 e. The molecule has 0 aliphatic carbocycles. The summed E-state index contributed by atoms with van der Waals surface area (Å²) in [5.74, 6) is -1.15. The minimum atomic E-state index is -0.672. The second kappa shape index (κ2) is 7.54. The van der Waals surface area contributed by atoms with Crippen LogP contribution in [0, 0.1) is 0 Å². The van der Waals surface area contributed by atoms with Gasteiger partial charge in [0.05, 0.1) is 14.2 Å². The number of phenols is 1. The molecule has 0 fully saturated rings. The second-order valence-corrected chi connectivity index (χ2v) is 5.33. The van der Waals surface area contributed by atoms with E-state index < -0.39 is 18.2 Å². The Bertz CT molecular complexity index is 805. The van der Waals surface area contributed by atoms with Crippen LogP contribution in [-0.4, -0.2) is 56.3 Å². The van der Waals surface area contributed by atoms with Crippen LogP contribution < -0.4 is 4.74 Å². The Morgan fingerprint density at radius 2 is 1.80 bits per heavy atom. The number of esters is 1. The number of phenolic OH excluding ortho intramolecular Hbond substituents is 1. The highest BCUT2D eigenvalue weighted by molar-refractivity contribution is 6.06. The standard InChI is InChI=1S/C17H21NO7/c1-9(19)18-12(17(21)25-5)8-11-10(7-14(22-2)23-3)6-13(20)16(24-4)15(11)18/h6,8,14,20H,7H2,1-5H3. The van der Waals surface area contributed by atoms with Crippen molar-refractivity contribution in [1.29, 1.82) is 0 Å². The van der Waals surface area contributed by atoms with Gasteiger partial charge in [-0.2, -0.15) is 0 Å². The lowest BCUT2D eigenvalue weighted by molar-refractivity contribution is -0.100. The highest BCUT2D eigenvalue weighted by Crippen LogP contribution is 2.39. The summed E-state index contributed by atoms with van der Waals surface area (Å²) in [7, 11) is 5.59. The quantitative estimate of drug-likeness (QED) is 0.628. The molecule has 2 rings (SSSR count). The van der Waals surface area contributed by atoms with Crippen LogP contribution in [0.5, 0.6) is 11.5 Å². The number of carbonyl (C=O) groups is 2. The zero-order valence-corrected chi connectivity index (χ0v) is 14.8. The Morgan fingerprint density at radius 3 is 2.28 bits per heavy atom. The van der Waals surface area contributed by atoms with E-state index in [9.17, 15) is 14.7 Å². The normalized spacial score (nSPS) is 11.1. The average molecular weight is 351 g/mol. The van der Waals surface area contributed by atoms with Gasteiger partial charge < -0.3 is 24.1 Å². The van der Waals surface area contributed by atoms with Gasteiger partial charge in [0.2, 0.25) is 5.91 Å². The number of benzene rings is 1. The van der Waals surface area contributed by atoms with Crippen molar-refractivity contribution in [3.63, 3.8) is 0 Å². The molecule has 8 heteroatoms. The van der Waals surface area contributed by atoms with E-state index in [1.54, 1.807) is 0 Å². The third kappa shape index (κ3) is 3.31. The molecule has 2 aromatic rings. The first kappa shape index (κ1) is 18.8. The molecule has 0 unspecified atom stereocenters. The van der Waals surface area contributed by atoms with Crippen molar-refractivity contribution in [2.24, 2.45) is 0 Å². The first-order valence-electron chi connectivity index (χ1n) is 7.48. The molecular weight excluding hydrogens is 330 g/mol. The zero-order chi connectivity index (χ0) is 18.7. The van der Waals surface area contributed by atoms with E-state index >= 15 is 0 Å². The molecule has 0 spiro atoms. The Hall–Kier alpha value is -2.58. The molecule has 0 atom stereocenters. The van der Waals surface area contributed by atoms with Crippen LogP contribution in [-0.2, 0) is 20.6 Å². The minimum Gasteiger partial charge on any atom is -0.504 e. The van der Waals surface area contributed by atoms with Gasteiger partial charge in [-0.1, -0.05) is 0 Å². The third-order valence-corrected chi connectivity index (χ3v) is 3.93. The van der Waals surface area contributed by atoms with E-state index in [1.807, 2.05) is 0 Å². The Morgan fingerprint density at radius 1 is 1.16 bits per heavy atom. The number of aromatic hydroxyl groups is 1. The summed E-state index contributed by atoms with van der Waals surface area (Å²) in [6, 6.07) is 3.03. The van der Waals surface area contributed by atoms with Crippen molar-refractivity contribution >= 4 is 22.8 Å². The molecule has 1 aromatic heterocycles. The largest absolute Gasteiger partial charge is 0.504 e. The van der Waals surface area contributed by atoms with Crippen molar-refractivity contribution in [3.8, 4) is 11.5 Å². The summed E-state index contributed by atoms with van der Waals surface area (Å²) < 4.78 is 21.6. The van der Waals surface area contributed by atoms with Crippen LogP contribution >= 0.6 is 0 Å². The van der Waals surface area contributed by atoms with Gasteiger partial charge in [-0.15, -0.1) is 0 Å². The van der Waals surface area contributed by atoms with Crippen molar-refractivity contribution in [2.45, 2.75) is 19.6 Å². The number of nitrogens with zero attached hydrogens (tertiary/aromatic N) is 1. The molecule has 0 saturated carbocycles. The summed E-state index contributed by atoms with van der Waals surface area (Å²) in [6.07, 6.45) is -0.262. The molecule has 0 aliphatic rings. The molecule has 8 nitrogen and oxygen atoms in total. The fourth-order valence-electron chi connectivity index (χ4n) is 2.80. The molecule has 0 aliphatic heterocycles. The maximum Gasteiger partial charge on any atom is 0.355 e. The number of hydrogen-bond donors (Lipinski definition) is 1. The van der Waals surface area contributed by atoms with Gasteiger partial charge in [0.1, 0.15) is 11.2 Å². The van der Waals surface area contributed by atoms with Gasteiger partial charge in [-0.05, 0) is 17.7 Å². The predicted octanol–water partition coefficient (Wildman–Crippen LogP) is 1.96. The molecule has 1 aromatic carbocycles. The number of carbonyl (C=O) groups excluding carboxylic acids is 2. The van der Waals surface area contributed by atoms with E-state index in [-0.39, 0.29) is 22.7 Å². The van der Waals surface area contributed by atoms with Crippen LogP contribution in [0.15, 0.2) is 12.1 Å². The monoisotopic (exact) mass is 351 g/mol. The Kier molecular flexibility index (Phi) is 5.66. The van der Waals surface area contributed by atoms with Crippen LogP contribution in [0.2, 0.25) is 0 Å². The average Bonchev–Trinajstić information content (AvgIpc) is 2.99. The summed E-state index contributed by atoms with van der Waals surface area (Å²) in [4.78, 5) is 24.2. The summed E-state index contributed by atoms with van der Waals surface area (Å²) in [5, 5.41) is 10.9. The van der Waals surface area contributed by atoms with E-state index in [0.29, 0.717) is 17.4 Å². The molecule has 25 heavy (non-hydrogen) atoms. The van der Waals surface area contributed by atoms with Gasteiger partial charge in [-0.25, -0.2) is 4.79 Å². The fraction of sp³-hybridized carbons (Fsp3) is 0.412. The van der Waals surface area contributed by atoms with Crippen molar-refractivity contribution in [3.05, 3.63) is 23.4 Å². The van der Waals surface area contributed by atoms with Gasteiger partial charge in [-0.3, -0.25) is 9.36 Å². The summed E-state index contributed by atoms with van der Waals surface area (Å²) >= 11 is 0. The molecular formula is C17H21NO7. The summed E-state index contributed by atoms with van der Waals surface area (Å²) in [5.41, 5.74) is 0.963. The lowest BCUT2D eigenvalue weighted by Gasteiger charge is -2.16. The highest BCUT2D eigenvalue weighted by Gasteiger charge is 2.26. The second-order valence-electron chi connectivity index (χ2n) is 5.33. The van der Waals surface area contributed by atoms with Gasteiger partial charge in [0, 0.05) is 33.0 Å². The van der Waals surface area contributed by atoms with Crippen molar-refractivity contribution < 1.29 is 33.6 Å². The van der Waals surface area contributed by atoms with Crippen molar-refractivity contribution in [1.82, 2.24) is 4.57 Å². The topological polar surface area (TPSA) is 96.2 Å². The van der Waals surface area contributed by atoms with E-state index in [1.165, 1.54) is 47.5 Å². The molecule has 0 bridgehead atoms. The predicted molar refractivity (Wildman–Crippen MR) is 89.3 cm³/mol. The van der Waals surface area contributed by atoms with Gasteiger partial charge in [0.25, 0.3) is 0 Å². The number of hydrogen-bond acceptors (Lipinski definition) is 7. The number of fused-ring (bicyclic) bond motifs is 1. The first-order chi connectivity index (χ1) is 11.9. The third-order valence-electron chi connectivity index (χ3n) is 3.93. The van der Waals surface area contributed by atoms with E-state index in [2.05, 4.69) is 0 Å². The number of methoxy groups -OCH3 is 4. The van der Waals surface area contributed by atoms with Gasteiger partial charge >= 0.3 is 5.97 Å². The molecule has 0 radical (unpaired) electrons. The molecule has 1 heterocycles. The minimum absolute atomic E-state index is 0.0431. The SMILES string of the molecule is COC(=O)c1cc2c(CC(OC)OC)cc(O)c(OC)c2n1C(C)=O. The highest BCUT2D eigenvalue weighted by atomic mass is 16.7. The Balaban J connectivity index is 2.85. The van der Waals surface area contributed by atoms with Crippen LogP contribution in [0.3, 0.4) is 0 Å². The van der Waals surface area contributed by atoms with Crippen LogP contribution in [0.25, 0.3) is 10.9 Å².